The number of anilines is 1. The monoisotopic (exact) mass is 274 g/mol. The average molecular weight is 275 g/mol. The molecule has 0 aliphatic heterocycles. The standard InChI is InChI=1S/C10H15ClN4O3/c1-6(2)7(3-4-16)14-10-8(15(17)18)9(11)12-5-13-10/h5-7,16H,3-4H2,1-2H3,(H,12,13,14). The van der Waals surface area contributed by atoms with Crippen LogP contribution in [0.25, 0.3) is 0 Å². The van der Waals surface area contributed by atoms with Crippen molar-refractivity contribution in [3.63, 3.8) is 0 Å². The zero-order valence-corrected chi connectivity index (χ0v) is 10.9. The number of hydrogen-bond acceptors (Lipinski definition) is 6. The van der Waals surface area contributed by atoms with Crippen molar-refractivity contribution in [1.29, 1.82) is 0 Å². The van der Waals surface area contributed by atoms with Gasteiger partial charge >= 0.3 is 5.69 Å². The van der Waals surface area contributed by atoms with Crippen molar-refractivity contribution in [3.05, 3.63) is 21.6 Å². The Morgan fingerprint density at radius 3 is 2.72 bits per heavy atom. The second-order valence-corrected chi connectivity index (χ2v) is 4.48. The van der Waals surface area contributed by atoms with E-state index in [0.29, 0.717) is 6.42 Å². The molecule has 2 N–H and O–H groups in total. The first-order valence-corrected chi connectivity index (χ1v) is 5.87. The second kappa shape index (κ2) is 6.46. The molecule has 1 aromatic rings. The molecule has 1 heterocycles. The van der Waals surface area contributed by atoms with Crippen LogP contribution < -0.4 is 5.32 Å². The minimum Gasteiger partial charge on any atom is -0.396 e. The molecule has 0 amide bonds. The summed E-state index contributed by atoms with van der Waals surface area (Å²) < 4.78 is 0. The van der Waals surface area contributed by atoms with E-state index in [4.69, 9.17) is 16.7 Å². The van der Waals surface area contributed by atoms with Gasteiger partial charge in [0.1, 0.15) is 6.33 Å². The maximum atomic E-state index is 10.9. The molecule has 0 bridgehead atoms. The summed E-state index contributed by atoms with van der Waals surface area (Å²) in [7, 11) is 0. The number of nitro groups is 1. The Bertz CT molecular complexity index is 428. The molecule has 0 radical (unpaired) electrons. The maximum Gasteiger partial charge on any atom is 0.348 e. The first-order chi connectivity index (χ1) is 8.47. The highest BCUT2D eigenvalue weighted by atomic mass is 35.5. The molecule has 1 atom stereocenters. The van der Waals surface area contributed by atoms with Crippen LogP contribution in [0.3, 0.4) is 0 Å². The second-order valence-electron chi connectivity index (χ2n) is 4.13. The molecule has 0 fully saturated rings. The molecule has 1 unspecified atom stereocenters. The van der Waals surface area contributed by atoms with Gasteiger partial charge in [-0.3, -0.25) is 10.1 Å². The third-order valence-electron chi connectivity index (χ3n) is 2.53. The number of aromatic nitrogens is 2. The van der Waals surface area contributed by atoms with Crippen LogP contribution in [-0.2, 0) is 0 Å². The summed E-state index contributed by atoms with van der Waals surface area (Å²) in [6.07, 6.45) is 1.63. The SMILES string of the molecule is CC(C)C(CCO)Nc1ncnc(Cl)c1[N+](=O)[O-]. The van der Waals surface area contributed by atoms with Crippen LogP contribution in [-0.4, -0.2) is 32.6 Å². The number of nitrogens with one attached hydrogen (secondary N) is 1. The molecule has 0 aliphatic carbocycles. The Labute approximate surface area is 109 Å². The van der Waals surface area contributed by atoms with Crippen LogP contribution in [0.15, 0.2) is 6.33 Å². The highest BCUT2D eigenvalue weighted by Crippen LogP contribution is 2.29. The lowest BCUT2D eigenvalue weighted by molar-refractivity contribution is -0.384. The fourth-order valence-corrected chi connectivity index (χ4v) is 1.71. The molecule has 0 spiro atoms. The van der Waals surface area contributed by atoms with Gasteiger partial charge in [0, 0.05) is 12.6 Å². The van der Waals surface area contributed by atoms with Gasteiger partial charge in [-0.15, -0.1) is 0 Å². The van der Waals surface area contributed by atoms with Crippen molar-refractivity contribution < 1.29 is 10.0 Å². The fourth-order valence-electron chi connectivity index (χ4n) is 1.51. The molecular weight excluding hydrogens is 260 g/mol. The van der Waals surface area contributed by atoms with Crippen LogP contribution in [0.2, 0.25) is 5.15 Å². The summed E-state index contributed by atoms with van der Waals surface area (Å²) in [4.78, 5) is 17.7. The summed E-state index contributed by atoms with van der Waals surface area (Å²) in [5, 5.41) is 22.6. The molecule has 0 saturated heterocycles. The van der Waals surface area contributed by atoms with Gasteiger partial charge in [-0.05, 0) is 12.3 Å². The Balaban J connectivity index is 3.02. The number of nitrogens with zero attached hydrogens (tertiary/aromatic N) is 3. The quantitative estimate of drug-likeness (QED) is 0.466. The van der Waals surface area contributed by atoms with E-state index in [1.165, 1.54) is 0 Å². The van der Waals surface area contributed by atoms with Gasteiger partial charge in [0.2, 0.25) is 11.0 Å². The fraction of sp³-hybridized carbons (Fsp3) is 0.600. The molecule has 8 heteroatoms. The maximum absolute atomic E-state index is 10.9. The van der Waals surface area contributed by atoms with Crippen LogP contribution in [0, 0.1) is 16.0 Å². The zero-order valence-electron chi connectivity index (χ0n) is 10.1. The van der Waals surface area contributed by atoms with Gasteiger partial charge in [-0.1, -0.05) is 25.4 Å². The highest BCUT2D eigenvalue weighted by molar-refractivity contribution is 6.31. The van der Waals surface area contributed by atoms with Gasteiger partial charge in [0.15, 0.2) is 0 Å². The summed E-state index contributed by atoms with van der Waals surface area (Å²) >= 11 is 5.68. The number of aliphatic hydroxyl groups excluding tert-OH is 1. The smallest absolute Gasteiger partial charge is 0.348 e. The van der Waals surface area contributed by atoms with Crippen molar-refractivity contribution >= 4 is 23.1 Å². The predicted octanol–water partition coefficient (Wildman–Crippen LogP) is 1.86. The molecule has 18 heavy (non-hydrogen) atoms. The summed E-state index contributed by atoms with van der Waals surface area (Å²) in [6, 6.07) is -0.125. The van der Waals surface area contributed by atoms with Gasteiger partial charge in [-0.2, -0.15) is 0 Å². The lowest BCUT2D eigenvalue weighted by Crippen LogP contribution is -2.27. The minimum atomic E-state index is -0.624. The number of hydrogen-bond donors (Lipinski definition) is 2. The van der Waals surface area contributed by atoms with Crippen LogP contribution in [0.1, 0.15) is 20.3 Å². The Hall–Kier alpha value is -1.47. The van der Waals surface area contributed by atoms with E-state index >= 15 is 0 Å². The van der Waals surface area contributed by atoms with Gasteiger partial charge in [0.05, 0.1) is 4.92 Å². The van der Waals surface area contributed by atoms with Gasteiger partial charge < -0.3 is 10.4 Å². The van der Waals surface area contributed by atoms with E-state index in [-0.39, 0.29) is 35.2 Å². The van der Waals surface area contributed by atoms with E-state index < -0.39 is 4.92 Å². The molecule has 0 saturated carbocycles. The van der Waals surface area contributed by atoms with E-state index in [2.05, 4.69) is 15.3 Å². The van der Waals surface area contributed by atoms with E-state index in [9.17, 15) is 10.1 Å². The highest BCUT2D eigenvalue weighted by Gasteiger charge is 2.24. The summed E-state index contributed by atoms with van der Waals surface area (Å²) in [5.74, 6) is 0.262. The largest absolute Gasteiger partial charge is 0.396 e. The first kappa shape index (κ1) is 14.6. The molecule has 0 aliphatic rings. The normalized spacial score (nSPS) is 12.5. The third kappa shape index (κ3) is 3.51. The predicted molar refractivity (Wildman–Crippen MR) is 67.6 cm³/mol. The van der Waals surface area contributed by atoms with Crippen molar-refractivity contribution in [2.24, 2.45) is 5.92 Å². The molecule has 0 aromatic carbocycles. The Morgan fingerprint density at radius 1 is 1.56 bits per heavy atom. The van der Waals surface area contributed by atoms with Gasteiger partial charge in [0.25, 0.3) is 0 Å². The third-order valence-corrected chi connectivity index (χ3v) is 2.80. The van der Waals surface area contributed by atoms with E-state index in [1.807, 2.05) is 13.8 Å². The van der Waals surface area contributed by atoms with Crippen molar-refractivity contribution in [3.8, 4) is 0 Å². The van der Waals surface area contributed by atoms with Gasteiger partial charge in [-0.25, -0.2) is 9.97 Å². The lowest BCUT2D eigenvalue weighted by Gasteiger charge is -2.21. The number of halogens is 1. The van der Waals surface area contributed by atoms with E-state index in [0.717, 1.165) is 6.33 Å². The molecule has 100 valence electrons. The molecule has 7 nitrogen and oxygen atoms in total. The minimum absolute atomic E-state index is 0.0114. The Morgan fingerprint density at radius 2 is 2.22 bits per heavy atom. The van der Waals surface area contributed by atoms with Crippen molar-refractivity contribution in [1.82, 2.24) is 9.97 Å². The van der Waals surface area contributed by atoms with Crippen molar-refractivity contribution in [2.45, 2.75) is 26.3 Å². The van der Waals surface area contributed by atoms with Crippen molar-refractivity contribution in [2.75, 3.05) is 11.9 Å². The molecular formula is C10H15ClN4O3. The molecule has 1 aromatic heterocycles. The topological polar surface area (TPSA) is 101 Å². The average Bonchev–Trinajstić information content (AvgIpc) is 2.27. The van der Waals surface area contributed by atoms with E-state index in [1.54, 1.807) is 0 Å². The van der Waals surface area contributed by atoms with Crippen LogP contribution >= 0.6 is 11.6 Å². The Kier molecular flexibility index (Phi) is 5.24. The van der Waals surface area contributed by atoms with Crippen LogP contribution in [0.4, 0.5) is 11.5 Å². The number of rotatable bonds is 6. The summed E-state index contributed by atoms with van der Waals surface area (Å²) in [5.41, 5.74) is -0.345. The first-order valence-electron chi connectivity index (χ1n) is 5.49. The van der Waals surface area contributed by atoms with Crippen LogP contribution in [0.5, 0.6) is 0 Å². The number of aliphatic hydroxyl groups is 1. The lowest BCUT2D eigenvalue weighted by atomic mass is 10.0. The molecule has 1 rings (SSSR count). The zero-order chi connectivity index (χ0) is 13.7. The summed E-state index contributed by atoms with van der Waals surface area (Å²) in [6.45, 7) is 3.88.